The highest BCUT2D eigenvalue weighted by Crippen LogP contribution is 2.37. The number of amides is 1. The Balaban J connectivity index is 1.87. The summed E-state index contributed by atoms with van der Waals surface area (Å²) in [5.74, 6) is 0.316. The molecule has 0 saturated carbocycles. The third kappa shape index (κ3) is 6.01. The predicted octanol–water partition coefficient (Wildman–Crippen LogP) is 3.71. The summed E-state index contributed by atoms with van der Waals surface area (Å²) in [5, 5.41) is 6.20. The monoisotopic (exact) mass is 554 g/mol. The zero-order chi connectivity index (χ0) is 27.2. The highest BCUT2D eigenvalue weighted by Gasteiger charge is 2.21. The molecule has 0 bridgehead atoms. The van der Waals surface area contributed by atoms with Crippen LogP contribution in [0.2, 0.25) is 5.02 Å². The quantitative estimate of drug-likeness (QED) is 0.213. The maximum Gasteiger partial charge on any atom is 0.225 e. The smallest absolute Gasteiger partial charge is 0.225 e. The largest absolute Gasteiger partial charge is 0.755 e. The number of benzene rings is 3. The average molecular weight is 555 g/mol. The van der Waals surface area contributed by atoms with Gasteiger partial charge in [-0.2, -0.15) is 0 Å². The zero-order valence-electron chi connectivity index (χ0n) is 20.3. The number of rotatable bonds is 10. The number of fused-ring (bicyclic) bond motifs is 1. The fourth-order valence-electron chi connectivity index (χ4n) is 3.68. The Morgan fingerprint density at radius 2 is 1.82 bits per heavy atom. The normalized spacial score (nSPS) is 11.7. The lowest BCUT2D eigenvalue weighted by Gasteiger charge is -2.28. The van der Waals surface area contributed by atoms with Gasteiger partial charge in [0.2, 0.25) is 5.91 Å². The van der Waals surface area contributed by atoms with Crippen molar-refractivity contribution in [1.82, 2.24) is 9.97 Å². The molecule has 1 atom stereocenters. The van der Waals surface area contributed by atoms with Crippen LogP contribution in [0, 0.1) is 0 Å². The Morgan fingerprint density at radius 3 is 2.47 bits per heavy atom. The van der Waals surface area contributed by atoms with Crippen molar-refractivity contribution in [1.29, 1.82) is 0 Å². The Morgan fingerprint density at radius 1 is 1.08 bits per heavy atom. The van der Waals surface area contributed by atoms with Crippen LogP contribution in [0.25, 0.3) is 11.0 Å². The van der Waals surface area contributed by atoms with Crippen molar-refractivity contribution in [3.05, 3.63) is 71.2 Å². The van der Waals surface area contributed by atoms with Crippen LogP contribution in [0.1, 0.15) is 12.0 Å². The van der Waals surface area contributed by atoms with E-state index in [2.05, 4.69) is 20.6 Å². The third-order valence-corrected chi connectivity index (χ3v) is 6.53. The summed E-state index contributed by atoms with van der Waals surface area (Å²) in [6.07, 6.45) is 0.0942. The number of hydrogen-bond acceptors (Lipinski definition) is 9. The van der Waals surface area contributed by atoms with Crippen LogP contribution in [-0.4, -0.2) is 38.3 Å². The summed E-state index contributed by atoms with van der Waals surface area (Å²) in [4.78, 5) is 21.5. The maximum atomic E-state index is 12.7. The highest BCUT2D eigenvalue weighted by atomic mass is 35.5. The zero-order valence-corrected chi connectivity index (χ0v) is 21.9. The fourth-order valence-corrected chi connectivity index (χ4v) is 4.40. The average Bonchev–Trinajstić information content (AvgIpc) is 2.90. The molecule has 0 radical (unpaired) electrons. The Hall–Kier alpha value is -3.81. The molecular formula is C25H25ClN7O4S-. The van der Waals surface area contributed by atoms with Gasteiger partial charge in [0, 0.05) is 31.3 Å². The van der Waals surface area contributed by atoms with Crippen LogP contribution >= 0.6 is 11.6 Å². The molecule has 198 valence electrons. The number of nitrogens with one attached hydrogen (secondary N) is 2. The van der Waals surface area contributed by atoms with Gasteiger partial charge in [0.1, 0.15) is 5.75 Å². The van der Waals surface area contributed by atoms with Crippen LogP contribution < -0.4 is 31.1 Å². The van der Waals surface area contributed by atoms with E-state index in [0.29, 0.717) is 38.7 Å². The van der Waals surface area contributed by atoms with Gasteiger partial charge in [-0.15, -0.1) is 0 Å². The molecule has 0 aliphatic rings. The summed E-state index contributed by atoms with van der Waals surface area (Å²) in [6, 6.07) is 16.7. The molecule has 1 heterocycles. The number of nitrogens with two attached hydrogens (primary N) is 2. The van der Waals surface area contributed by atoms with Gasteiger partial charge >= 0.3 is 0 Å². The van der Waals surface area contributed by atoms with E-state index < -0.39 is 11.3 Å². The van der Waals surface area contributed by atoms with Crippen molar-refractivity contribution in [2.75, 3.05) is 28.6 Å². The second kappa shape index (κ2) is 12.2. The molecule has 0 fully saturated rings. The molecule has 4 aromatic rings. The first-order chi connectivity index (χ1) is 18.3. The van der Waals surface area contributed by atoms with Gasteiger partial charge < -0.3 is 31.4 Å². The Labute approximate surface area is 226 Å². The van der Waals surface area contributed by atoms with Crippen molar-refractivity contribution in [2.45, 2.75) is 13.0 Å². The minimum absolute atomic E-state index is 0.0179. The molecule has 11 nitrogen and oxygen atoms in total. The molecular weight excluding hydrogens is 530 g/mol. The summed E-state index contributed by atoms with van der Waals surface area (Å²) in [6.45, 7) is 0.282. The van der Waals surface area contributed by atoms with Gasteiger partial charge in [0.15, 0.2) is 11.6 Å². The molecule has 6 N–H and O–H groups in total. The topological polar surface area (TPSA) is 172 Å². The van der Waals surface area contributed by atoms with E-state index in [0.717, 1.165) is 4.31 Å². The number of nitrogens with zero attached hydrogens (tertiary/aromatic N) is 3. The van der Waals surface area contributed by atoms with E-state index in [4.69, 9.17) is 27.8 Å². The summed E-state index contributed by atoms with van der Waals surface area (Å²) < 4.78 is 31.6. The van der Waals surface area contributed by atoms with E-state index in [1.165, 1.54) is 13.2 Å². The van der Waals surface area contributed by atoms with Crippen LogP contribution in [0.3, 0.4) is 0 Å². The number of methoxy groups -OCH3 is 1. The molecule has 0 spiro atoms. The molecule has 38 heavy (non-hydrogen) atoms. The molecule has 1 amide bonds. The first kappa shape index (κ1) is 27.2. The molecule has 0 aliphatic heterocycles. The van der Waals surface area contributed by atoms with Gasteiger partial charge in [-0.3, -0.25) is 13.3 Å². The maximum absolute atomic E-state index is 12.7. The van der Waals surface area contributed by atoms with Crippen LogP contribution in [0.5, 0.6) is 5.75 Å². The summed E-state index contributed by atoms with van der Waals surface area (Å²) in [5.41, 5.74) is 13.9. The first-order valence-electron chi connectivity index (χ1n) is 11.4. The minimum Gasteiger partial charge on any atom is -0.755 e. The Kier molecular flexibility index (Phi) is 8.71. The van der Waals surface area contributed by atoms with Crippen LogP contribution in [-0.2, 0) is 22.6 Å². The number of hydrogen-bond donors (Lipinski definition) is 4. The van der Waals surface area contributed by atoms with E-state index in [1.807, 2.05) is 0 Å². The molecule has 3 aromatic carbocycles. The molecule has 0 saturated heterocycles. The van der Waals surface area contributed by atoms with Crippen molar-refractivity contribution in [3.63, 3.8) is 0 Å². The number of anilines is 5. The third-order valence-electron chi connectivity index (χ3n) is 5.51. The number of halogens is 1. The van der Waals surface area contributed by atoms with Gasteiger partial charge in [-0.05, 0) is 42.0 Å². The van der Waals surface area contributed by atoms with Crippen molar-refractivity contribution in [2.24, 2.45) is 11.5 Å². The minimum atomic E-state index is -2.84. The second-order valence-corrected chi connectivity index (χ2v) is 9.21. The number of para-hydroxylation sites is 2. The number of carbonyl (C=O) groups excluding carboxylic acids is 1. The van der Waals surface area contributed by atoms with Gasteiger partial charge in [-0.1, -0.05) is 29.8 Å². The van der Waals surface area contributed by atoms with E-state index >= 15 is 0 Å². The van der Waals surface area contributed by atoms with Crippen molar-refractivity contribution >= 4 is 68.5 Å². The lowest BCUT2D eigenvalue weighted by atomic mass is 10.1. The van der Waals surface area contributed by atoms with Crippen molar-refractivity contribution < 1.29 is 18.3 Å². The molecule has 13 heteroatoms. The predicted molar refractivity (Wildman–Crippen MR) is 149 cm³/mol. The number of carbonyl (C=O) groups is 1. The molecule has 4 rings (SSSR count). The lowest BCUT2D eigenvalue weighted by molar-refractivity contribution is -0.116. The fraction of sp³-hybridized carbons (Fsp3) is 0.160. The first-order valence-corrected chi connectivity index (χ1v) is 12.8. The van der Waals surface area contributed by atoms with Crippen LogP contribution in [0.4, 0.5) is 28.7 Å². The van der Waals surface area contributed by atoms with E-state index in [1.54, 1.807) is 54.6 Å². The van der Waals surface area contributed by atoms with E-state index in [9.17, 15) is 13.6 Å². The number of ether oxygens (including phenoxy) is 1. The molecule has 0 aliphatic carbocycles. The van der Waals surface area contributed by atoms with E-state index in [-0.39, 0.29) is 42.7 Å². The SMILES string of the molecule is COc1ccc(Cl)c(Nc2nc3ccccc3nc2N(c2ccc(CN)c(NC(=O)CCN)c2)S(=O)[O-])c1. The van der Waals surface area contributed by atoms with Crippen LogP contribution in [0.15, 0.2) is 60.7 Å². The summed E-state index contributed by atoms with van der Waals surface area (Å²) in [7, 11) is 1.52. The van der Waals surface area contributed by atoms with Gasteiger partial charge in [0.25, 0.3) is 0 Å². The van der Waals surface area contributed by atoms with Gasteiger partial charge in [-0.25, -0.2) is 9.97 Å². The highest BCUT2D eigenvalue weighted by molar-refractivity contribution is 7.81. The van der Waals surface area contributed by atoms with Crippen molar-refractivity contribution in [3.8, 4) is 5.75 Å². The molecule has 1 aromatic heterocycles. The molecule has 1 unspecified atom stereocenters. The van der Waals surface area contributed by atoms with Gasteiger partial charge in [0.05, 0.1) is 45.8 Å². The second-order valence-electron chi connectivity index (χ2n) is 8.00. The summed E-state index contributed by atoms with van der Waals surface area (Å²) >= 11 is 3.56. The standard InChI is InChI=1S/C25H26ClN7O4S/c1-37-17-8-9-18(26)22(13-17)31-24-25(32-20-5-3-2-4-19(20)30-24)33(38(35)36)16-7-6-15(14-28)21(12-16)29-23(34)10-11-27/h2-9,12-13H,10-11,14,27-28H2,1H3,(H,29,34)(H,30,31)(H,35,36)/p-1. The Bertz CT molecular complexity index is 1500. The lowest BCUT2D eigenvalue weighted by Crippen LogP contribution is -2.23. The number of aromatic nitrogens is 2.